The summed E-state index contributed by atoms with van der Waals surface area (Å²) in [5, 5.41) is 3.92. The summed E-state index contributed by atoms with van der Waals surface area (Å²) >= 11 is 9.44. The van der Waals surface area contributed by atoms with Crippen LogP contribution in [-0.2, 0) is 6.54 Å². The molecule has 0 aliphatic heterocycles. The molecule has 0 amide bonds. The van der Waals surface area contributed by atoms with Crippen LogP contribution in [0, 0.1) is 5.82 Å². The standard InChI is InChI=1S/C15H14BrClFN/c1-10(11-2-4-13(16)5-3-11)19-9-12-8-14(18)6-7-15(12)17/h2-8,10,19H,9H2,1H3/t10-/m0/s1. The Balaban J connectivity index is 2.02. The van der Waals surface area contributed by atoms with E-state index in [2.05, 4.69) is 40.3 Å². The third-order valence-electron chi connectivity index (χ3n) is 2.98. The minimum absolute atomic E-state index is 0.174. The molecular weight excluding hydrogens is 329 g/mol. The van der Waals surface area contributed by atoms with Gasteiger partial charge in [0.05, 0.1) is 0 Å². The molecule has 1 N–H and O–H groups in total. The molecule has 0 bridgehead atoms. The van der Waals surface area contributed by atoms with Gasteiger partial charge in [0, 0.05) is 22.1 Å². The van der Waals surface area contributed by atoms with Crippen molar-refractivity contribution in [3.8, 4) is 0 Å². The van der Waals surface area contributed by atoms with Crippen LogP contribution in [0.4, 0.5) is 4.39 Å². The summed E-state index contributed by atoms with van der Waals surface area (Å²) < 4.78 is 14.2. The van der Waals surface area contributed by atoms with Gasteiger partial charge in [-0.25, -0.2) is 4.39 Å². The van der Waals surface area contributed by atoms with E-state index in [0.717, 1.165) is 10.0 Å². The van der Waals surface area contributed by atoms with Crippen LogP contribution in [0.1, 0.15) is 24.1 Å². The molecular formula is C15H14BrClFN. The first-order chi connectivity index (χ1) is 9.06. The third kappa shape index (κ3) is 4.03. The summed E-state index contributed by atoms with van der Waals surface area (Å²) in [6, 6.07) is 12.7. The molecule has 1 nitrogen and oxygen atoms in total. The van der Waals surface area contributed by atoms with Crippen molar-refractivity contribution in [3.63, 3.8) is 0 Å². The van der Waals surface area contributed by atoms with E-state index in [1.165, 1.54) is 17.7 Å². The van der Waals surface area contributed by atoms with E-state index in [9.17, 15) is 4.39 Å². The lowest BCUT2D eigenvalue weighted by molar-refractivity contribution is 0.569. The summed E-state index contributed by atoms with van der Waals surface area (Å²) in [7, 11) is 0. The molecule has 0 aliphatic rings. The molecule has 0 radical (unpaired) electrons. The highest BCUT2D eigenvalue weighted by molar-refractivity contribution is 9.10. The van der Waals surface area contributed by atoms with E-state index in [4.69, 9.17) is 11.6 Å². The fourth-order valence-corrected chi connectivity index (χ4v) is 2.26. The lowest BCUT2D eigenvalue weighted by Crippen LogP contribution is -2.18. The molecule has 2 aromatic rings. The van der Waals surface area contributed by atoms with E-state index in [0.29, 0.717) is 11.6 Å². The molecule has 4 heteroatoms. The van der Waals surface area contributed by atoms with Crippen LogP contribution in [0.15, 0.2) is 46.9 Å². The van der Waals surface area contributed by atoms with E-state index in [-0.39, 0.29) is 11.9 Å². The first-order valence-electron chi connectivity index (χ1n) is 5.99. The average Bonchev–Trinajstić information content (AvgIpc) is 2.40. The van der Waals surface area contributed by atoms with Gasteiger partial charge >= 0.3 is 0 Å². The molecule has 0 unspecified atom stereocenters. The fourth-order valence-electron chi connectivity index (χ4n) is 1.81. The van der Waals surface area contributed by atoms with Crippen molar-refractivity contribution in [2.24, 2.45) is 0 Å². The Morgan fingerprint density at radius 3 is 2.58 bits per heavy atom. The summed E-state index contributed by atoms with van der Waals surface area (Å²) in [5.74, 6) is -0.266. The minimum atomic E-state index is -0.266. The molecule has 0 heterocycles. The number of nitrogens with one attached hydrogen (secondary N) is 1. The van der Waals surface area contributed by atoms with Crippen molar-refractivity contribution < 1.29 is 4.39 Å². The highest BCUT2D eigenvalue weighted by atomic mass is 79.9. The Morgan fingerprint density at radius 1 is 1.21 bits per heavy atom. The van der Waals surface area contributed by atoms with Gasteiger partial charge < -0.3 is 5.32 Å². The Bertz CT molecular complexity index is 557. The van der Waals surface area contributed by atoms with Crippen LogP contribution in [0.2, 0.25) is 5.02 Å². The maximum absolute atomic E-state index is 13.1. The second kappa shape index (κ2) is 6.51. The van der Waals surface area contributed by atoms with Crippen molar-refractivity contribution in [2.45, 2.75) is 19.5 Å². The van der Waals surface area contributed by atoms with Crippen LogP contribution in [0.25, 0.3) is 0 Å². The van der Waals surface area contributed by atoms with E-state index < -0.39 is 0 Å². The highest BCUT2D eigenvalue weighted by Gasteiger charge is 2.07. The Kier molecular flexibility index (Phi) is 4.97. The summed E-state index contributed by atoms with van der Waals surface area (Å²) in [6.45, 7) is 2.60. The molecule has 100 valence electrons. The minimum Gasteiger partial charge on any atom is -0.306 e. The topological polar surface area (TPSA) is 12.0 Å². The maximum atomic E-state index is 13.1. The van der Waals surface area contributed by atoms with Crippen LogP contribution in [0.5, 0.6) is 0 Å². The van der Waals surface area contributed by atoms with Gasteiger partial charge in [-0.2, -0.15) is 0 Å². The number of benzene rings is 2. The van der Waals surface area contributed by atoms with Gasteiger partial charge in [0.1, 0.15) is 5.82 Å². The molecule has 0 aliphatic carbocycles. The Morgan fingerprint density at radius 2 is 1.89 bits per heavy atom. The van der Waals surface area contributed by atoms with E-state index in [1.54, 1.807) is 6.07 Å². The van der Waals surface area contributed by atoms with Gasteiger partial charge in [-0.1, -0.05) is 39.7 Å². The maximum Gasteiger partial charge on any atom is 0.123 e. The van der Waals surface area contributed by atoms with E-state index >= 15 is 0 Å². The lowest BCUT2D eigenvalue weighted by atomic mass is 10.1. The quantitative estimate of drug-likeness (QED) is 0.816. The zero-order valence-electron chi connectivity index (χ0n) is 10.5. The number of rotatable bonds is 4. The van der Waals surface area contributed by atoms with Crippen molar-refractivity contribution >= 4 is 27.5 Å². The second-order valence-electron chi connectivity index (χ2n) is 4.39. The lowest BCUT2D eigenvalue weighted by Gasteiger charge is -2.15. The van der Waals surface area contributed by atoms with Crippen LogP contribution < -0.4 is 5.32 Å². The van der Waals surface area contributed by atoms with Crippen molar-refractivity contribution in [1.29, 1.82) is 0 Å². The molecule has 0 spiro atoms. The van der Waals surface area contributed by atoms with E-state index in [1.807, 2.05) is 12.1 Å². The van der Waals surface area contributed by atoms with Gasteiger partial charge in [0.2, 0.25) is 0 Å². The molecule has 0 aromatic heterocycles. The van der Waals surface area contributed by atoms with Crippen molar-refractivity contribution in [3.05, 3.63) is 68.9 Å². The van der Waals surface area contributed by atoms with Crippen molar-refractivity contribution in [1.82, 2.24) is 5.32 Å². The highest BCUT2D eigenvalue weighted by Crippen LogP contribution is 2.20. The first-order valence-corrected chi connectivity index (χ1v) is 7.16. The van der Waals surface area contributed by atoms with Gasteiger partial charge in [0.15, 0.2) is 0 Å². The SMILES string of the molecule is C[C@H](NCc1cc(F)ccc1Cl)c1ccc(Br)cc1. The number of halogens is 3. The predicted octanol–water partition coefficient (Wildman–Crippen LogP) is 5.09. The largest absolute Gasteiger partial charge is 0.306 e. The molecule has 2 aromatic carbocycles. The van der Waals surface area contributed by atoms with Gasteiger partial charge in [-0.05, 0) is 48.4 Å². The van der Waals surface area contributed by atoms with Crippen molar-refractivity contribution in [2.75, 3.05) is 0 Å². The summed E-state index contributed by atoms with van der Waals surface area (Å²) in [4.78, 5) is 0. The Hall–Kier alpha value is -0.900. The third-order valence-corrected chi connectivity index (χ3v) is 3.87. The van der Waals surface area contributed by atoms with Crippen LogP contribution >= 0.6 is 27.5 Å². The number of hydrogen-bond acceptors (Lipinski definition) is 1. The van der Waals surface area contributed by atoms with Crippen LogP contribution in [0.3, 0.4) is 0 Å². The Labute approximate surface area is 125 Å². The molecule has 0 saturated carbocycles. The van der Waals surface area contributed by atoms with Crippen LogP contribution in [-0.4, -0.2) is 0 Å². The van der Waals surface area contributed by atoms with Gasteiger partial charge in [-0.3, -0.25) is 0 Å². The zero-order valence-corrected chi connectivity index (χ0v) is 12.8. The number of hydrogen-bond donors (Lipinski definition) is 1. The van der Waals surface area contributed by atoms with Gasteiger partial charge in [-0.15, -0.1) is 0 Å². The monoisotopic (exact) mass is 341 g/mol. The van der Waals surface area contributed by atoms with Gasteiger partial charge in [0.25, 0.3) is 0 Å². The molecule has 1 atom stereocenters. The molecule has 0 saturated heterocycles. The first kappa shape index (κ1) is 14.5. The molecule has 19 heavy (non-hydrogen) atoms. The average molecular weight is 343 g/mol. The normalized spacial score (nSPS) is 12.4. The smallest absolute Gasteiger partial charge is 0.123 e. The summed E-state index contributed by atoms with van der Waals surface area (Å²) in [6.07, 6.45) is 0. The summed E-state index contributed by atoms with van der Waals surface area (Å²) in [5.41, 5.74) is 1.95. The zero-order chi connectivity index (χ0) is 13.8. The molecule has 2 rings (SSSR count). The predicted molar refractivity (Wildman–Crippen MR) is 80.8 cm³/mol. The molecule has 0 fully saturated rings. The fraction of sp³-hybridized carbons (Fsp3) is 0.200. The second-order valence-corrected chi connectivity index (χ2v) is 5.71.